The molecular formula is C16H29N3S. The lowest BCUT2D eigenvalue weighted by atomic mass is 10.0. The first-order chi connectivity index (χ1) is 9.75. The summed E-state index contributed by atoms with van der Waals surface area (Å²) in [5.74, 6) is 2.06. The Bertz CT molecular complexity index is 361. The minimum absolute atomic E-state index is 0.611. The van der Waals surface area contributed by atoms with Crippen LogP contribution in [0.15, 0.2) is 4.99 Å². The lowest BCUT2D eigenvalue weighted by Gasteiger charge is -2.18. The lowest BCUT2D eigenvalue weighted by Crippen LogP contribution is -2.43. The van der Waals surface area contributed by atoms with Crippen LogP contribution in [-0.2, 0) is 0 Å². The first-order valence-electron chi connectivity index (χ1n) is 8.33. The molecule has 0 heterocycles. The van der Waals surface area contributed by atoms with Gasteiger partial charge in [0.1, 0.15) is 0 Å². The molecule has 3 nitrogen and oxygen atoms in total. The molecule has 3 aliphatic carbocycles. The molecule has 0 bridgehead atoms. The van der Waals surface area contributed by atoms with Gasteiger partial charge >= 0.3 is 0 Å². The fraction of sp³-hybridized carbons (Fsp3) is 0.938. The largest absolute Gasteiger partial charge is 0.357 e. The van der Waals surface area contributed by atoms with E-state index < -0.39 is 0 Å². The number of nitrogens with one attached hydrogen (secondary N) is 2. The molecule has 3 aliphatic rings. The number of hydrogen-bond acceptors (Lipinski definition) is 2. The van der Waals surface area contributed by atoms with Crippen LogP contribution >= 0.6 is 11.8 Å². The molecule has 0 aliphatic heterocycles. The Morgan fingerprint density at radius 1 is 1.25 bits per heavy atom. The lowest BCUT2D eigenvalue weighted by molar-refractivity contribution is 0.451. The van der Waals surface area contributed by atoms with Crippen molar-refractivity contribution in [2.24, 2.45) is 16.3 Å². The predicted molar refractivity (Wildman–Crippen MR) is 88.4 cm³/mol. The van der Waals surface area contributed by atoms with Crippen molar-refractivity contribution in [2.75, 3.05) is 19.3 Å². The monoisotopic (exact) mass is 295 g/mol. The minimum atomic E-state index is 0.611. The Hall–Kier alpha value is -0.380. The third kappa shape index (κ3) is 3.44. The van der Waals surface area contributed by atoms with Gasteiger partial charge in [0.05, 0.1) is 0 Å². The van der Waals surface area contributed by atoms with E-state index in [1.807, 2.05) is 11.8 Å². The summed E-state index contributed by atoms with van der Waals surface area (Å²) in [6, 6.07) is 0.626. The molecule has 3 saturated carbocycles. The number of thioether (sulfide) groups is 1. The highest BCUT2D eigenvalue weighted by atomic mass is 32.2. The summed E-state index contributed by atoms with van der Waals surface area (Å²) in [6.45, 7) is 4.16. The topological polar surface area (TPSA) is 36.4 Å². The van der Waals surface area contributed by atoms with Gasteiger partial charge in [-0.15, -0.1) is 0 Å². The van der Waals surface area contributed by atoms with Crippen molar-refractivity contribution < 1.29 is 0 Å². The second-order valence-electron chi connectivity index (χ2n) is 6.84. The van der Waals surface area contributed by atoms with Gasteiger partial charge in [-0.1, -0.05) is 0 Å². The Kier molecular flexibility index (Phi) is 4.49. The summed E-state index contributed by atoms with van der Waals surface area (Å²) < 4.78 is 0. The predicted octanol–water partition coefficient (Wildman–Crippen LogP) is 3.02. The summed E-state index contributed by atoms with van der Waals surface area (Å²) >= 11 is 2.02. The molecule has 114 valence electrons. The average Bonchev–Trinajstić information content (AvgIpc) is 3.35. The number of aliphatic imine (C=N–C) groups is 1. The SMILES string of the molecule is CCNC(=NCC1(C2CC2)CC1)NC1CCC(SC)C1. The van der Waals surface area contributed by atoms with E-state index in [2.05, 4.69) is 23.8 Å². The maximum absolute atomic E-state index is 4.91. The quantitative estimate of drug-likeness (QED) is 0.584. The summed E-state index contributed by atoms with van der Waals surface area (Å²) in [5, 5.41) is 7.94. The van der Waals surface area contributed by atoms with Crippen molar-refractivity contribution in [3.63, 3.8) is 0 Å². The number of hydrogen-bond donors (Lipinski definition) is 2. The molecule has 0 amide bonds. The highest BCUT2D eigenvalue weighted by Gasteiger charge is 2.53. The van der Waals surface area contributed by atoms with Crippen LogP contribution in [0.25, 0.3) is 0 Å². The molecule has 2 unspecified atom stereocenters. The van der Waals surface area contributed by atoms with Crippen LogP contribution in [0.2, 0.25) is 0 Å². The molecular weight excluding hydrogens is 266 g/mol. The van der Waals surface area contributed by atoms with Crippen molar-refractivity contribution in [3.05, 3.63) is 0 Å². The van der Waals surface area contributed by atoms with Gasteiger partial charge in [0, 0.05) is 24.4 Å². The zero-order valence-corrected chi connectivity index (χ0v) is 13.8. The second kappa shape index (κ2) is 6.17. The van der Waals surface area contributed by atoms with Gasteiger partial charge in [-0.3, -0.25) is 4.99 Å². The molecule has 2 atom stereocenters. The molecule has 0 aromatic carbocycles. The van der Waals surface area contributed by atoms with E-state index in [9.17, 15) is 0 Å². The highest BCUT2D eigenvalue weighted by molar-refractivity contribution is 7.99. The molecule has 3 fully saturated rings. The Morgan fingerprint density at radius 3 is 2.60 bits per heavy atom. The van der Waals surface area contributed by atoms with Crippen LogP contribution < -0.4 is 10.6 Å². The third-order valence-corrected chi connectivity index (χ3v) is 6.39. The number of nitrogens with zero attached hydrogens (tertiary/aromatic N) is 1. The molecule has 0 radical (unpaired) electrons. The number of guanidine groups is 1. The van der Waals surface area contributed by atoms with Crippen LogP contribution in [0.4, 0.5) is 0 Å². The second-order valence-corrected chi connectivity index (χ2v) is 7.98. The smallest absolute Gasteiger partial charge is 0.191 e. The van der Waals surface area contributed by atoms with E-state index in [-0.39, 0.29) is 0 Å². The van der Waals surface area contributed by atoms with Gasteiger partial charge in [0.2, 0.25) is 0 Å². The Labute approximate surface area is 127 Å². The highest BCUT2D eigenvalue weighted by Crippen LogP contribution is 2.61. The zero-order valence-electron chi connectivity index (χ0n) is 13.0. The fourth-order valence-electron chi connectivity index (χ4n) is 3.59. The first kappa shape index (κ1) is 14.6. The Balaban J connectivity index is 1.52. The third-order valence-electron chi connectivity index (χ3n) is 5.29. The van der Waals surface area contributed by atoms with Crippen molar-refractivity contribution in [1.29, 1.82) is 0 Å². The van der Waals surface area contributed by atoms with Gasteiger partial charge in [0.15, 0.2) is 5.96 Å². The summed E-state index contributed by atoms with van der Waals surface area (Å²) in [6.07, 6.45) is 11.9. The van der Waals surface area contributed by atoms with Crippen molar-refractivity contribution >= 4 is 17.7 Å². The molecule has 20 heavy (non-hydrogen) atoms. The molecule has 0 spiro atoms. The molecule has 2 N–H and O–H groups in total. The van der Waals surface area contributed by atoms with E-state index in [1.165, 1.54) is 44.9 Å². The minimum Gasteiger partial charge on any atom is -0.357 e. The van der Waals surface area contributed by atoms with E-state index in [0.29, 0.717) is 11.5 Å². The maximum atomic E-state index is 4.91. The van der Waals surface area contributed by atoms with Gasteiger partial charge in [-0.05, 0) is 69.5 Å². The summed E-state index contributed by atoms with van der Waals surface area (Å²) in [4.78, 5) is 4.91. The van der Waals surface area contributed by atoms with E-state index in [4.69, 9.17) is 4.99 Å². The normalized spacial score (nSPS) is 32.2. The van der Waals surface area contributed by atoms with E-state index >= 15 is 0 Å². The average molecular weight is 295 g/mol. The molecule has 3 rings (SSSR count). The zero-order chi connectivity index (χ0) is 14.0. The van der Waals surface area contributed by atoms with E-state index in [0.717, 1.165) is 30.2 Å². The van der Waals surface area contributed by atoms with Crippen molar-refractivity contribution in [1.82, 2.24) is 10.6 Å². The van der Waals surface area contributed by atoms with E-state index in [1.54, 1.807) is 0 Å². The summed E-state index contributed by atoms with van der Waals surface area (Å²) in [7, 11) is 0. The summed E-state index contributed by atoms with van der Waals surface area (Å²) in [5.41, 5.74) is 0.611. The fourth-order valence-corrected chi connectivity index (χ4v) is 4.38. The van der Waals surface area contributed by atoms with Gasteiger partial charge in [-0.25, -0.2) is 0 Å². The molecule has 0 aromatic rings. The molecule has 4 heteroatoms. The first-order valence-corrected chi connectivity index (χ1v) is 9.62. The van der Waals surface area contributed by atoms with Crippen LogP contribution in [-0.4, -0.2) is 36.6 Å². The molecule has 0 aromatic heterocycles. The van der Waals surface area contributed by atoms with Crippen LogP contribution in [0.5, 0.6) is 0 Å². The van der Waals surface area contributed by atoms with Crippen LogP contribution in [0.3, 0.4) is 0 Å². The van der Waals surface area contributed by atoms with Crippen LogP contribution in [0, 0.1) is 11.3 Å². The molecule has 0 saturated heterocycles. The number of rotatable bonds is 6. The van der Waals surface area contributed by atoms with Gasteiger partial charge < -0.3 is 10.6 Å². The van der Waals surface area contributed by atoms with Gasteiger partial charge in [0.25, 0.3) is 0 Å². The Morgan fingerprint density at radius 2 is 2.05 bits per heavy atom. The standard InChI is InChI=1S/C16H29N3S/c1-3-17-15(19-13-6-7-14(10-13)20-2)18-11-16(8-9-16)12-4-5-12/h12-14H,3-11H2,1-2H3,(H2,17,18,19). The van der Waals surface area contributed by atoms with Crippen LogP contribution in [0.1, 0.15) is 51.9 Å². The van der Waals surface area contributed by atoms with Gasteiger partial charge in [-0.2, -0.15) is 11.8 Å². The van der Waals surface area contributed by atoms with Crippen molar-refractivity contribution in [2.45, 2.75) is 63.2 Å². The maximum Gasteiger partial charge on any atom is 0.191 e. The van der Waals surface area contributed by atoms with Crippen molar-refractivity contribution in [3.8, 4) is 0 Å².